The lowest BCUT2D eigenvalue weighted by Crippen LogP contribution is -2.15. The molecule has 0 atom stereocenters. The van der Waals surface area contributed by atoms with Crippen molar-refractivity contribution in [3.63, 3.8) is 0 Å². The average molecular weight is 924 g/mol. The normalized spacial score (nSPS) is 13.5. The van der Waals surface area contributed by atoms with Crippen LogP contribution in [0, 0.1) is 0 Å². The largest absolute Gasteiger partial charge is 0.228 e. The van der Waals surface area contributed by atoms with Crippen molar-refractivity contribution in [2.24, 2.45) is 0 Å². The molecule has 0 unspecified atom stereocenters. The summed E-state index contributed by atoms with van der Waals surface area (Å²) in [7, 11) is 0. The third-order valence-corrected chi connectivity index (χ3v) is 15.0. The molecule has 0 spiro atoms. The van der Waals surface area contributed by atoms with Gasteiger partial charge in [-0.05, 0) is 103 Å². The molecule has 9 aromatic carbocycles. The van der Waals surface area contributed by atoms with Gasteiger partial charge in [-0.15, -0.1) is 0 Å². The maximum atomic E-state index is 5.32. The standard InChI is InChI=1S/C67H49N5/c1-66(2)56-30-13-11-28-52(56)54-34-32-50(39-58(54)66)64-70-63(71-65(72-64)51-33-35-55-53-29-12-14-31-57(53)67(3,4)59(55)40-51)49-27-17-24-46(38-49)45-23-16-26-48(37-45)61-41-60(68-62(69-61)43-20-9-6-10-21-43)47-25-15-22-44(36-47)42-18-7-5-8-19-42/h5-41H,1-4H3. The van der Waals surface area contributed by atoms with Crippen LogP contribution in [-0.4, -0.2) is 24.9 Å². The van der Waals surface area contributed by atoms with Gasteiger partial charge in [0.2, 0.25) is 0 Å². The van der Waals surface area contributed by atoms with Gasteiger partial charge in [0.25, 0.3) is 0 Å². The lowest BCUT2D eigenvalue weighted by atomic mass is 9.82. The molecule has 0 saturated carbocycles. The first kappa shape index (κ1) is 43.1. The van der Waals surface area contributed by atoms with Crippen molar-refractivity contribution in [1.82, 2.24) is 24.9 Å². The van der Waals surface area contributed by atoms with Crippen molar-refractivity contribution in [2.75, 3.05) is 0 Å². The van der Waals surface area contributed by atoms with Crippen LogP contribution in [0.3, 0.4) is 0 Å². The molecule has 0 aliphatic heterocycles. The monoisotopic (exact) mass is 923 g/mol. The Balaban J connectivity index is 0.914. The molecule has 0 saturated heterocycles. The van der Waals surface area contributed by atoms with E-state index in [1.54, 1.807) is 0 Å². The van der Waals surface area contributed by atoms with Crippen LogP contribution in [-0.2, 0) is 10.8 Å². The lowest BCUT2D eigenvalue weighted by molar-refractivity contribution is 0.660. The minimum absolute atomic E-state index is 0.173. The van der Waals surface area contributed by atoms with Crippen LogP contribution in [0.4, 0.5) is 0 Å². The molecule has 0 bridgehead atoms. The second kappa shape index (κ2) is 16.9. The highest BCUT2D eigenvalue weighted by Crippen LogP contribution is 2.51. The van der Waals surface area contributed by atoms with Gasteiger partial charge in [-0.1, -0.05) is 216 Å². The topological polar surface area (TPSA) is 64.5 Å². The van der Waals surface area contributed by atoms with E-state index in [9.17, 15) is 0 Å². The molecule has 11 aromatic rings. The fourth-order valence-electron chi connectivity index (χ4n) is 11.1. The zero-order chi connectivity index (χ0) is 48.6. The highest BCUT2D eigenvalue weighted by Gasteiger charge is 2.37. The molecule has 72 heavy (non-hydrogen) atoms. The number of hydrogen-bond acceptors (Lipinski definition) is 5. The first-order chi connectivity index (χ1) is 35.2. The minimum atomic E-state index is -0.173. The zero-order valence-electron chi connectivity index (χ0n) is 40.6. The molecular weight excluding hydrogens is 875 g/mol. The average Bonchev–Trinajstić information content (AvgIpc) is 3.82. The number of rotatable bonds is 8. The van der Waals surface area contributed by atoms with Crippen LogP contribution in [0.5, 0.6) is 0 Å². The second-order valence-electron chi connectivity index (χ2n) is 20.1. The molecule has 2 aliphatic carbocycles. The number of nitrogens with zero attached hydrogens (tertiary/aromatic N) is 5. The Bertz CT molecular complexity index is 3800. The fraction of sp³-hybridized carbons (Fsp3) is 0.0896. The molecule has 5 nitrogen and oxygen atoms in total. The van der Waals surface area contributed by atoms with Crippen LogP contribution in [0.1, 0.15) is 49.9 Å². The van der Waals surface area contributed by atoms with E-state index < -0.39 is 0 Å². The van der Waals surface area contributed by atoms with Gasteiger partial charge in [-0.3, -0.25) is 0 Å². The predicted octanol–water partition coefficient (Wildman–Crippen LogP) is 16.6. The van der Waals surface area contributed by atoms with Gasteiger partial charge in [-0.25, -0.2) is 24.9 Å². The van der Waals surface area contributed by atoms with Gasteiger partial charge in [0, 0.05) is 44.2 Å². The van der Waals surface area contributed by atoms with E-state index in [1.165, 1.54) is 44.5 Å². The third-order valence-electron chi connectivity index (χ3n) is 15.0. The first-order valence-corrected chi connectivity index (χ1v) is 24.7. The summed E-state index contributed by atoms with van der Waals surface area (Å²) in [6, 6.07) is 79.5. The van der Waals surface area contributed by atoms with Gasteiger partial charge in [0.1, 0.15) is 0 Å². The Morgan fingerprint density at radius 3 is 1.04 bits per heavy atom. The quantitative estimate of drug-likeness (QED) is 0.152. The van der Waals surface area contributed by atoms with Crippen molar-refractivity contribution in [1.29, 1.82) is 0 Å². The van der Waals surface area contributed by atoms with Crippen LogP contribution in [0.25, 0.3) is 113 Å². The Labute approximate surface area is 420 Å². The number of benzene rings is 9. The minimum Gasteiger partial charge on any atom is -0.228 e. The number of hydrogen-bond donors (Lipinski definition) is 0. The van der Waals surface area contributed by atoms with Gasteiger partial charge in [0.05, 0.1) is 11.4 Å². The molecule has 2 aliphatic rings. The summed E-state index contributed by atoms with van der Waals surface area (Å²) >= 11 is 0. The summed E-state index contributed by atoms with van der Waals surface area (Å²) in [4.78, 5) is 26.3. The smallest absolute Gasteiger partial charge is 0.164 e. The molecule has 2 aromatic heterocycles. The molecule has 0 amide bonds. The summed E-state index contributed by atoms with van der Waals surface area (Å²) in [5.74, 6) is 2.57. The maximum absolute atomic E-state index is 5.32. The predicted molar refractivity (Wildman–Crippen MR) is 294 cm³/mol. The molecule has 13 rings (SSSR count). The molecule has 2 heterocycles. The van der Waals surface area contributed by atoms with Crippen molar-refractivity contribution in [2.45, 2.75) is 38.5 Å². The molecule has 0 radical (unpaired) electrons. The van der Waals surface area contributed by atoms with Crippen molar-refractivity contribution in [3.05, 3.63) is 247 Å². The Morgan fingerprint density at radius 2 is 0.556 bits per heavy atom. The van der Waals surface area contributed by atoms with Crippen molar-refractivity contribution < 1.29 is 0 Å². The highest BCUT2D eigenvalue weighted by molar-refractivity contribution is 5.86. The summed E-state index contributed by atoms with van der Waals surface area (Å²) in [5, 5.41) is 0. The van der Waals surface area contributed by atoms with Gasteiger partial charge in [-0.2, -0.15) is 0 Å². The summed E-state index contributed by atoms with van der Waals surface area (Å²) in [6.45, 7) is 9.25. The van der Waals surface area contributed by atoms with Crippen LogP contribution >= 0.6 is 0 Å². The second-order valence-corrected chi connectivity index (χ2v) is 20.1. The highest BCUT2D eigenvalue weighted by atomic mass is 15.0. The van der Waals surface area contributed by atoms with E-state index in [2.05, 4.69) is 228 Å². The Hall–Kier alpha value is -8.93. The number of aromatic nitrogens is 5. The van der Waals surface area contributed by atoms with E-state index in [4.69, 9.17) is 24.9 Å². The van der Waals surface area contributed by atoms with E-state index in [-0.39, 0.29) is 10.8 Å². The van der Waals surface area contributed by atoms with Crippen LogP contribution in [0.2, 0.25) is 0 Å². The summed E-state index contributed by atoms with van der Waals surface area (Å²) < 4.78 is 0. The van der Waals surface area contributed by atoms with E-state index in [0.717, 1.165) is 67.0 Å². The third kappa shape index (κ3) is 7.36. The van der Waals surface area contributed by atoms with Crippen molar-refractivity contribution >= 4 is 0 Å². The summed E-state index contributed by atoms with van der Waals surface area (Å²) in [6.07, 6.45) is 0. The fourth-order valence-corrected chi connectivity index (χ4v) is 11.1. The van der Waals surface area contributed by atoms with Gasteiger partial charge in [0.15, 0.2) is 23.3 Å². The molecule has 0 fully saturated rings. The SMILES string of the molecule is CC1(C)c2ccccc2-c2ccc(-c3nc(-c4cccc(-c5cccc(-c6cc(-c7cccc(-c8ccccc8)c7)nc(-c7ccccc7)n6)c5)c4)nc(-c4ccc5c(c4)C(C)(C)c4ccccc4-5)n3)cc21. The zero-order valence-corrected chi connectivity index (χ0v) is 40.6. The first-order valence-electron chi connectivity index (χ1n) is 24.7. The van der Waals surface area contributed by atoms with Crippen LogP contribution in [0.15, 0.2) is 224 Å². The molecule has 342 valence electrons. The van der Waals surface area contributed by atoms with Gasteiger partial charge >= 0.3 is 0 Å². The molecular formula is C67H49N5. The summed E-state index contributed by atoms with van der Waals surface area (Å²) in [5.41, 5.74) is 21.9. The lowest BCUT2D eigenvalue weighted by Gasteiger charge is -2.22. The van der Waals surface area contributed by atoms with E-state index in [0.29, 0.717) is 23.3 Å². The van der Waals surface area contributed by atoms with E-state index >= 15 is 0 Å². The maximum Gasteiger partial charge on any atom is 0.164 e. The van der Waals surface area contributed by atoms with Crippen molar-refractivity contribution in [3.8, 4) is 113 Å². The Morgan fingerprint density at radius 1 is 0.222 bits per heavy atom. The number of fused-ring (bicyclic) bond motifs is 6. The van der Waals surface area contributed by atoms with E-state index in [1.807, 2.05) is 24.3 Å². The van der Waals surface area contributed by atoms with Crippen LogP contribution < -0.4 is 0 Å². The molecule has 5 heteroatoms. The molecule has 0 N–H and O–H groups in total. The Kier molecular flexibility index (Phi) is 10.1. The van der Waals surface area contributed by atoms with Gasteiger partial charge < -0.3 is 0 Å².